The van der Waals surface area contributed by atoms with E-state index in [2.05, 4.69) is 0 Å². The van der Waals surface area contributed by atoms with E-state index in [0.29, 0.717) is 6.61 Å². The van der Waals surface area contributed by atoms with Gasteiger partial charge in [-0.25, -0.2) is 4.39 Å². The lowest BCUT2D eigenvalue weighted by Gasteiger charge is -2.10. The van der Waals surface area contributed by atoms with Gasteiger partial charge >= 0.3 is 0 Å². The summed E-state index contributed by atoms with van der Waals surface area (Å²) >= 11 is 0. The lowest BCUT2D eigenvalue weighted by Crippen LogP contribution is -1.99. The smallest absolute Gasteiger partial charge is 0.123 e. The van der Waals surface area contributed by atoms with E-state index >= 15 is 0 Å². The summed E-state index contributed by atoms with van der Waals surface area (Å²) in [6.07, 6.45) is 0. The van der Waals surface area contributed by atoms with E-state index in [9.17, 15) is 4.39 Å². The van der Waals surface area contributed by atoms with Crippen LogP contribution >= 0.6 is 0 Å². The fourth-order valence-corrected chi connectivity index (χ4v) is 1.69. The van der Waals surface area contributed by atoms with Crippen LogP contribution in [-0.4, -0.2) is 0 Å². The zero-order valence-corrected chi connectivity index (χ0v) is 10.5. The first kappa shape index (κ1) is 12.4. The van der Waals surface area contributed by atoms with Crippen molar-refractivity contribution >= 4 is 5.69 Å². The third-order valence-electron chi connectivity index (χ3n) is 2.95. The Morgan fingerprint density at radius 1 is 1.06 bits per heavy atom. The summed E-state index contributed by atoms with van der Waals surface area (Å²) in [4.78, 5) is 0. The Kier molecular flexibility index (Phi) is 3.51. The van der Waals surface area contributed by atoms with Crippen LogP contribution in [0.25, 0.3) is 0 Å². The lowest BCUT2D eigenvalue weighted by molar-refractivity contribution is 0.304. The van der Waals surface area contributed by atoms with Gasteiger partial charge < -0.3 is 10.5 Å². The maximum Gasteiger partial charge on any atom is 0.123 e. The minimum absolute atomic E-state index is 0.243. The second kappa shape index (κ2) is 5.08. The predicted molar refractivity (Wildman–Crippen MR) is 71.1 cm³/mol. The summed E-state index contributed by atoms with van der Waals surface area (Å²) in [6.45, 7) is 4.22. The Morgan fingerprint density at radius 2 is 1.83 bits per heavy atom. The van der Waals surface area contributed by atoms with Gasteiger partial charge in [-0.2, -0.15) is 0 Å². The first-order chi connectivity index (χ1) is 8.56. The van der Waals surface area contributed by atoms with Crippen molar-refractivity contribution in [1.82, 2.24) is 0 Å². The number of rotatable bonds is 3. The summed E-state index contributed by atoms with van der Waals surface area (Å²) < 4.78 is 18.8. The Morgan fingerprint density at radius 3 is 2.56 bits per heavy atom. The molecule has 0 aliphatic heterocycles. The maximum atomic E-state index is 13.1. The molecule has 0 saturated heterocycles. The van der Waals surface area contributed by atoms with E-state index in [1.54, 1.807) is 6.07 Å². The molecule has 0 saturated carbocycles. The van der Waals surface area contributed by atoms with E-state index in [4.69, 9.17) is 10.5 Å². The minimum atomic E-state index is -0.243. The van der Waals surface area contributed by atoms with Crippen LogP contribution in [0.1, 0.15) is 16.7 Å². The van der Waals surface area contributed by atoms with Crippen LogP contribution in [0.15, 0.2) is 36.4 Å². The molecule has 0 amide bonds. The monoisotopic (exact) mass is 245 g/mol. The van der Waals surface area contributed by atoms with Gasteiger partial charge in [0.15, 0.2) is 0 Å². The van der Waals surface area contributed by atoms with Crippen LogP contribution < -0.4 is 10.5 Å². The number of benzene rings is 2. The Hall–Kier alpha value is -2.03. The van der Waals surface area contributed by atoms with Crippen LogP contribution in [0.5, 0.6) is 5.75 Å². The number of anilines is 1. The molecule has 0 aliphatic carbocycles. The van der Waals surface area contributed by atoms with Gasteiger partial charge in [0, 0.05) is 5.69 Å². The molecule has 0 heterocycles. The fraction of sp³-hybridized carbons (Fsp3) is 0.200. The fourth-order valence-electron chi connectivity index (χ4n) is 1.69. The van der Waals surface area contributed by atoms with Crippen LogP contribution in [0.2, 0.25) is 0 Å². The Balaban J connectivity index is 2.11. The van der Waals surface area contributed by atoms with Gasteiger partial charge in [-0.3, -0.25) is 0 Å². The molecule has 18 heavy (non-hydrogen) atoms. The molecule has 0 atom stereocenters. The van der Waals surface area contributed by atoms with Gasteiger partial charge in [0.05, 0.1) is 0 Å². The van der Waals surface area contributed by atoms with Gasteiger partial charge in [0.2, 0.25) is 0 Å². The van der Waals surface area contributed by atoms with Crippen LogP contribution in [0.3, 0.4) is 0 Å². The number of hydrogen-bond donors (Lipinski definition) is 1. The Labute approximate surface area is 106 Å². The number of aryl methyl sites for hydroxylation is 2. The van der Waals surface area contributed by atoms with Gasteiger partial charge in [-0.15, -0.1) is 0 Å². The number of nitrogens with two attached hydrogens (primary N) is 1. The molecule has 0 radical (unpaired) electrons. The molecule has 0 aromatic heterocycles. The highest BCUT2D eigenvalue weighted by atomic mass is 19.1. The first-order valence-corrected chi connectivity index (χ1v) is 5.80. The standard InChI is InChI=1S/C15H16FNO/c1-10-3-4-13(16)8-12(10)9-18-14-5-6-15(17)11(2)7-14/h3-8H,9,17H2,1-2H3. The summed E-state index contributed by atoms with van der Waals surface area (Å²) in [5, 5.41) is 0. The SMILES string of the molecule is Cc1cc(OCc2cc(F)ccc2C)ccc1N. The largest absolute Gasteiger partial charge is 0.489 e. The molecule has 94 valence electrons. The van der Waals surface area contributed by atoms with Crippen molar-refractivity contribution in [2.45, 2.75) is 20.5 Å². The number of halogens is 1. The zero-order valence-electron chi connectivity index (χ0n) is 10.5. The van der Waals surface area contributed by atoms with Crippen LogP contribution in [-0.2, 0) is 6.61 Å². The highest BCUT2D eigenvalue weighted by Crippen LogP contribution is 2.20. The topological polar surface area (TPSA) is 35.2 Å². The molecular formula is C15H16FNO. The maximum absolute atomic E-state index is 13.1. The zero-order chi connectivity index (χ0) is 13.1. The van der Waals surface area contributed by atoms with E-state index in [1.807, 2.05) is 32.0 Å². The summed E-state index contributed by atoms with van der Waals surface area (Å²) in [5.74, 6) is 0.498. The molecular weight excluding hydrogens is 229 g/mol. The molecule has 3 heteroatoms. The first-order valence-electron chi connectivity index (χ1n) is 5.80. The van der Waals surface area contributed by atoms with Gasteiger partial charge in [-0.1, -0.05) is 6.07 Å². The van der Waals surface area contributed by atoms with E-state index in [1.165, 1.54) is 12.1 Å². The number of ether oxygens (including phenoxy) is 1. The van der Waals surface area contributed by atoms with Crippen molar-refractivity contribution < 1.29 is 9.13 Å². The molecule has 0 fully saturated rings. The van der Waals surface area contributed by atoms with Gasteiger partial charge in [0.1, 0.15) is 18.2 Å². The van der Waals surface area contributed by atoms with Crippen molar-refractivity contribution in [3.63, 3.8) is 0 Å². The summed E-state index contributed by atoms with van der Waals surface area (Å²) in [7, 11) is 0. The summed E-state index contributed by atoms with van der Waals surface area (Å²) in [5.41, 5.74) is 9.32. The lowest BCUT2D eigenvalue weighted by atomic mass is 10.1. The van der Waals surface area contributed by atoms with E-state index in [-0.39, 0.29) is 5.82 Å². The third kappa shape index (κ3) is 2.80. The van der Waals surface area contributed by atoms with Crippen molar-refractivity contribution in [3.8, 4) is 5.75 Å². The molecule has 0 bridgehead atoms. The summed E-state index contributed by atoms with van der Waals surface area (Å²) in [6, 6.07) is 10.2. The van der Waals surface area contributed by atoms with Crippen molar-refractivity contribution in [1.29, 1.82) is 0 Å². The number of nitrogen functional groups attached to an aromatic ring is 1. The molecule has 2 N–H and O–H groups in total. The van der Waals surface area contributed by atoms with Gasteiger partial charge in [-0.05, 0) is 60.9 Å². The average molecular weight is 245 g/mol. The highest BCUT2D eigenvalue weighted by molar-refractivity contribution is 5.49. The van der Waals surface area contributed by atoms with Crippen molar-refractivity contribution in [3.05, 3.63) is 58.9 Å². The second-order valence-electron chi connectivity index (χ2n) is 4.38. The molecule has 2 rings (SSSR count). The molecule has 2 nitrogen and oxygen atoms in total. The van der Waals surface area contributed by atoms with E-state index in [0.717, 1.165) is 28.1 Å². The molecule has 2 aromatic rings. The molecule has 2 aromatic carbocycles. The van der Waals surface area contributed by atoms with Gasteiger partial charge in [0.25, 0.3) is 0 Å². The van der Waals surface area contributed by atoms with Crippen molar-refractivity contribution in [2.75, 3.05) is 5.73 Å². The van der Waals surface area contributed by atoms with E-state index < -0.39 is 0 Å². The predicted octanol–water partition coefficient (Wildman–Crippen LogP) is 3.60. The minimum Gasteiger partial charge on any atom is -0.489 e. The van der Waals surface area contributed by atoms with Crippen molar-refractivity contribution in [2.24, 2.45) is 0 Å². The molecule has 0 aliphatic rings. The van der Waals surface area contributed by atoms with Crippen LogP contribution in [0, 0.1) is 19.7 Å². The second-order valence-corrected chi connectivity index (χ2v) is 4.38. The molecule has 0 spiro atoms. The van der Waals surface area contributed by atoms with Crippen LogP contribution in [0.4, 0.5) is 10.1 Å². The quantitative estimate of drug-likeness (QED) is 0.838. The Bertz CT molecular complexity index is 566. The number of hydrogen-bond acceptors (Lipinski definition) is 2. The third-order valence-corrected chi connectivity index (χ3v) is 2.95. The normalized spacial score (nSPS) is 10.4. The highest BCUT2D eigenvalue weighted by Gasteiger charge is 2.03. The average Bonchev–Trinajstić information content (AvgIpc) is 2.34. The molecule has 0 unspecified atom stereocenters.